The Morgan fingerprint density at radius 1 is 1.24 bits per heavy atom. The van der Waals surface area contributed by atoms with E-state index in [4.69, 9.17) is 4.74 Å². The molecule has 2 aliphatic carbocycles. The van der Waals surface area contributed by atoms with Gasteiger partial charge in [-0.3, -0.25) is 4.79 Å². The van der Waals surface area contributed by atoms with Crippen molar-refractivity contribution in [2.45, 2.75) is 45.1 Å². The van der Waals surface area contributed by atoms with E-state index in [1.54, 1.807) is 7.11 Å². The standard InChI is InChI=1S/C25H38N2O5S/c1-23(2)18-9-10-24(23,22(28)14-18)17-33(30,31)27-12-11-25(29,20(16-27)15-26(3)4)19-7-6-8-21(13-19)32-5/h6-8,13,18,20,29H,9-12,14-17H2,1-5H3/t18-,20?,24+,25?/m0/s1. The first kappa shape index (κ1) is 24.6. The minimum absolute atomic E-state index is 0.113. The van der Waals surface area contributed by atoms with Crippen LogP contribution in [0.4, 0.5) is 0 Å². The van der Waals surface area contributed by atoms with Crippen LogP contribution in [0.5, 0.6) is 5.75 Å². The van der Waals surface area contributed by atoms with Gasteiger partial charge in [0, 0.05) is 37.4 Å². The third-order valence-corrected chi connectivity index (χ3v) is 10.9. The van der Waals surface area contributed by atoms with Crippen LogP contribution in [-0.2, 0) is 20.4 Å². The third-order valence-electron chi connectivity index (χ3n) is 8.96. The third kappa shape index (κ3) is 3.93. The second-order valence-electron chi connectivity index (χ2n) is 11.1. The van der Waals surface area contributed by atoms with Crippen molar-refractivity contribution in [3.05, 3.63) is 29.8 Å². The number of rotatable bonds is 7. The molecule has 184 valence electrons. The van der Waals surface area contributed by atoms with Crippen LogP contribution in [0.1, 0.15) is 45.1 Å². The molecule has 2 bridgehead atoms. The maximum Gasteiger partial charge on any atom is 0.215 e. The van der Waals surface area contributed by atoms with Crippen molar-refractivity contribution in [1.29, 1.82) is 0 Å². The van der Waals surface area contributed by atoms with Crippen molar-refractivity contribution in [1.82, 2.24) is 9.21 Å². The van der Waals surface area contributed by atoms with E-state index in [1.807, 2.05) is 43.3 Å². The van der Waals surface area contributed by atoms with Crippen LogP contribution in [0.2, 0.25) is 0 Å². The lowest BCUT2D eigenvalue weighted by Gasteiger charge is -2.46. The van der Waals surface area contributed by atoms with Crippen molar-refractivity contribution < 1.29 is 23.1 Å². The van der Waals surface area contributed by atoms with Crippen LogP contribution < -0.4 is 4.74 Å². The number of nitrogens with zero attached hydrogens (tertiary/aromatic N) is 2. The number of sulfonamides is 1. The molecular weight excluding hydrogens is 440 g/mol. The highest BCUT2D eigenvalue weighted by Crippen LogP contribution is 2.64. The average molecular weight is 479 g/mol. The largest absolute Gasteiger partial charge is 0.497 e. The highest BCUT2D eigenvalue weighted by molar-refractivity contribution is 7.89. The molecule has 3 aliphatic rings. The van der Waals surface area contributed by atoms with Crippen LogP contribution in [-0.4, -0.2) is 75.1 Å². The summed E-state index contributed by atoms with van der Waals surface area (Å²) in [5.74, 6) is 0.623. The van der Waals surface area contributed by atoms with Crippen LogP contribution in [0.3, 0.4) is 0 Å². The van der Waals surface area contributed by atoms with Crippen molar-refractivity contribution in [2.75, 3.05) is 46.6 Å². The Bertz CT molecular complexity index is 1020. The lowest BCUT2D eigenvalue weighted by Crippen LogP contribution is -2.56. The van der Waals surface area contributed by atoms with E-state index in [-0.39, 0.29) is 41.9 Å². The van der Waals surface area contributed by atoms with Gasteiger partial charge in [-0.05, 0) is 62.4 Å². The van der Waals surface area contributed by atoms with Gasteiger partial charge in [-0.1, -0.05) is 26.0 Å². The van der Waals surface area contributed by atoms with E-state index < -0.39 is 21.0 Å². The molecule has 7 nitrogen and oxygen atoms in total. The molecule has 1 aromatic carbocycles. The number of ether oxygens (including phenoxy) is 1. The fourth-order valence-electron chi connectivity index (χ4n) is 6.67. The summed E-state index contributed by atoms with van der Waals surface area (Å²) in [6.45, 7) is 5.13. The molecule has 0 amide bonds. The molecule has 33 heavy (non-hydrogen) atoms. The molecule has 0 radical (unpaired) electrons. The van der Waals surface area contributed by atoms with Gasteiger partial charge in [-0.15, -0.1) is 0 Å². The molecule has 4 rings (SSSR count). The zero-order valence-electron chi connectivity index (χ0n) is 20.5. The van der Waals surface area contributed by atoms with Crippen molar-refractivity contribution >= 4 is 15.8 Å². The predicted octanol–water partition coefficient (Wildman–Crippen LogP) is 2.49. The van der Waals surface area contributed by atoms with Gasteiger partial charge in [0.2, 0.25) is 10.0 Å². The second-order valence-corrected chi connectivity index (χ2v) is 13.1. The topological polar surface area (TPSA) is 87.1 Å². The fourth-order valence-corrected chi connectivity index (χ4v) is 8.93. The van der Waals surface area contributed by atoms with Crippen LogP contribution in [0, 0.1) is 22.7 Å². The molecule has 8 heteroatoms. The zero-order valence-corrected chi connectivity index (χ0v) is 21.3. The summed E-state index contributed by atoms with van der Waals surface area (Å²) in [6, 6.07) is 7.41. The number of hydrogen-bond acceptors (Lipinski definition) is 6. The van der Waals surface area contributed by atoms with E-state index in [0.717, 1.165) is 12.0 Å². The molecule has 1 saturated heterocycles. The Morgan fingerprint density at radius 2 is 1.97 bits per heavy atom. The number of piperidine rings is 1. The lowest BCUT2D eigenvalue weighted by molar-refractivity contribution is -0.128. The normalized spacial score (nSPS) is 34.2. The summed E-state index contributed by atoms with van der Waals surface area (Å²) in [5.41, 5.74) is -1.50. The van der Waals surface area contributed by atoms with Gasteiger partial charge in [0.15, 0.2) is 0 Å². The number of carbonyl (C=O) groups is 1. The number of hydrogen-bond donors (Lipinski definition) is 1. The molecule has 1 aromatic rings. The van der Waals surface area contributed by atoms with Crippen molar-refractivity contribution in [3.8, 4) is 5.75 Å². The Labute approximate surface area is 198 Å². The number of aliphatic hydroxyl groups is 1. The zero-order chi connectivity index (χ0) is 24.2. The molecule has 4 atom stereocenters. The summed E-state index contributed by atoms with van der Waals surface area (Å²) in [5, 5.41) is 11.8. The highest BCUT2D eigenvalue weighted by Gasteiger charge is 2.65. The SMILES string of the molecule is COc1cccc(C2(O)CCN(S(=O)(=O)C[C@]34CC[C@@H](CC3=O)C4(C)C)CC2CN(C)C)c1. The summed E-state index contributed by atoms with van der Waals surface area (Å²) in [7, 11) is 1.78. The first-order valence-corrected chi connectivity index (χ1v) is 13.5. The summed E-state index contributed by atoms with van der Waals surface area (Å²) < 4.78 is 34.3. The summed E-state index contributed by atoms with van der Waals surface area (Å²) >= 11 is 0. The maximum absolute atomic E-state index is 13.7. The predicted molar refractivity (Wildman–Crippen MR) is 127 cm³/mol. The van der Waals surface area contributed by atoms with E-state index in [0.29, 0.717) is 31.6 Å². The maximum atomic E-state index is 13.7. The Morgan fingerprint density at radius 3 is 2.55 bits per heavy atom. The summed E-state index contributed by atoms with van der Waals surface area (Å²) in [4.78, 5) is 14.9. The van der Waals surface area contributed by atoms with Gasteiger partial charge in [-0.2, -0.15) is 0 Å². The Hall–Kier alpha value is -1.48. The monoisotopic (exact) mass is 478 g/mol. The van der Waals surface area contributed by atoms with Crippen molar-refractivity contribution in [3.63, 3.8) is 0 Å². The molecule has 0 spiro atoms. The van der Waals surface area contributed by atoms with Gasteiger partial charge in [0.05, 0.1) is 18.5 Å². The smallest absolute Gasteiger partial charge is 0.215 e. The average Bonchev–Trinajstić information content (AvgIpc) is 3.09. The molecular formula is C25H38N2O5S. The molecule has 0 aromatic heterocycles. The van der Waals surface area contributed by atoms with Gasteiger partial charge in [0.25, 0.3) is 0 Å². The first-order valence-electron chi connectivity index (χ1n) is 11.9. The van der Waals surface area contributed by atoms with Gasteiger partial charge in [-0.25, -0.2) is 12.7 Å². The number of fused-ring (bicyclic) bond motifs is 2. The van der Waals surface area contributed by atoms with E-state index in [9.17, 15) is 18.3 Å². The van der Waals surface area contributed by atoms with E-state index in [2.05, 4.69) is 13.8 Å². The molecule has 1 N–H and O–H groups in total. The highest BCUT2D eigenvalue weighted by atomic mass is 32.2. The minimum Gasteiger partial charge on any atom is -0.497 e. The van der Waals surface area contributed by atoms with Gasteiger partial charge < -0.3 is 14.7 Å². The van der Waals surface area contributed by atoms with Crippen LogP contribution in [0.25, 0.3) is 0 Å². The van der Waals surface area contributed by atoms with Gasteiger partial charge in [0.1, 0.15) is 11.5 Å². The number of methoxy groups -OCH3 is 1. The molecule has 1 aliphatic heterocycles. The first-order chi connectivity index (χ1) is 15.4. The quantitative estimate of drug-likeness (QED) is 0.648. The minimum atomic E-state index is -3.67. The molecule has 3 fully saturated rings. The molecule has 2 saturated carbocycles. The lowest BCUT2D eigenvalue weighted by atomic mass is 9.70. The van der Waals surface area contributed by atoms with Crippen LogP contribution in [0.15, 0.2) is 24.3 Å². The number of carbonyl (C=O) groups excluding carboxylic acids is 1. The molecule has 2 unspecified atom stereocenters. The van der Waals surface area contributed by atoms with E-state index >= 15 is 0 Å². The Balaban J connectivity index is 1.61. The summed E-state index contributed by atoms with van der Waals surface area (Å²) in [6.07, 6.45) is 2.38. The molecule has 1 heterocycles. The number of Topliss-reactive ketones (excluding diaryl/α,β-unsaturated/α-hetero) is 1. The van der Waals surface area contributed by atoms with Crippen molar-refractivity contribution in [2.24, 2.45) is 22.7 Å². The van der Waals surface area contributed by atoms with E-state index in [1.165, 1.54) is 4.31 Å². The second kappa shape index (κ2) is 8.33. The number of benzene rings is 1. The van der Waals surface area contributed by atoms with Crippen LogP contribution >= 0.6 is 0 Å². The van der Waals surface area contributed by atoms with Gasteiger partial charge >= 0.3 is 0 Å². The Kier molecular flexibility index (Phi) is 6.22. The number of ketones is 1. The fraction of sp³-hybridized carbons (Fsp3) is 0.720.